The summed E-state index contributed by atoms with van der Waals surface area (Å²) >= 11 is 0. The summed E-state index contributed by atoms with van der Waals surface area (Å²) in [4.78, 5) is 12.7. The van der Waals surface area contributed by atoms with E-state index in [0.717, 1.165) is 5.75 Å². The Kier molecular flexibility index (Phi) is 8.17. The number of benzene rings is 3. The average molecular weight is 421 g/mol. The van der Waals surface area contributed by atoms with Crippen molar-refractivity contribution in [2.45, 2.75) is 13.8 Å². The second-order valence-corrected chi connectivity index (χ2v) is 6.51. The number of amides is 1. The minimum absolute atomic E-state index is 0.253. The molecule has 162 valence electrons. The number of hydrogen-bond acceptors (Lipinski definition) is 5. The van der Waals surface area contributed by atoms with Crippen LogP contribution in [0.5, 0.6) is 23.0 Å². The van der Waals surface area contributed by atoms with Crippen LogP contribution in [-0.4, -0.2) is 32.3 Å². The number of ether oxygens (including phenoxy) is 4. The molecule has 6 heteroatoms. The quantitative estimate of drug-likeness (QED) is 0.432. The Morgan fingerprint density at radius 3 is 1.97 bits per heavy atom. The number of rotatable bonds is 11. The molecular formula is C25H27NO5. The largest absolute Gasteiger partial charge is 0.494 e. The van der Waals surface area contributed by atoms with Gasteiger partial charge in [-0.15, -0.1) is 0 Å². The Hall–Kier alpha value is -3.67. The van der Waals surface area contributed by atoms with Gasteiger partial charge in [0.05, 0.1) is 18.8 Å². The third-order valence-electron chi connectivity index (χ3n) is 4.28. The minimum Gasteiger partial charge on any atom is -0.494 e. The van der Waals surface area contributed by atoms with E-state index in [1.807, 2.05) is 44.2 Å². The summed E-state index contributed by atoms with van der Waals surface area (Å²) in [5.74, 6) is 2.41. The SMILES string of the molecule is CCOc1ccc(C(=O)Nc2ccc(OCCOc3ccccc3)cc2)c(OCC)c1. The molecule has 0 saturated heterocycles. The first-order chi connectivity index (χ1) is 15.2. The second-order valence-electron chi connectivity index (χ2n) is 6.51. The van der Waals surface area contributed by atoms with E-state index in [9.17, 15) is 4.79 Å². The van der Waals surface area contributed by atoms with Crippen molar-refractivity contribution in [1.82, 2.24) is 0 Å². The van der Waals surface area contributed by atoms with Crippen molar-refractivity contribution in [3.63, 3.8) is 0 Å². The Morgan fingerprint density at radius 1 is 0.710 bits per heavy atom. The topological polar surface area (TPSA) is 66.0 Å². The maximum Gasteiger partial charge on any atom is 0.259 e. The van der Waals surface area contributed by atoms with E-state index in [4.69, 9.17) is 18.9 Å². The zero-order valence-corrected chi connectivity index (χ0v) is 17.8. The molecule has 0 atom stereocenters. The molecule has 0 fully saturated rings. The lowest BCUT2D eigenvalue weighted by atomic mass is 10.1. The van der Waals surface area contributed by atoms with Gasteiger partial charge in [-0.3, -0.25) is 4.79 Å². The van der Waals surface area contributed by atoms with Crippen molar-refractivity contribution in [3.8, 4) is 23.0 Å². The molecule has 3 aromatic carbocycles. The monoisotopic (exact) mass is 421 g/mol. The van der Waals surface area contributed by atoms with Crippen LogP contribution in [0.15, 0.2) is 72.8 Å². The van der Waals surface area contributed by atoms with Crippen LogP contribution in [0.1, 0.15) is 24.2 Å². The first-order valence-corrected chi connectivity index (χ1v) is 10.3. The van der Waals surface area contributed by atoms with Crippen molar-refractivity contribution in [2.75, 3.05) is 31.7 Å². The Balaban J connectivity index is 1.53. The van der Waals surface area contributed by atoms with Gasteiger partial charge in [0, 0.05) is 11.8 Å². The summed E-state index contributed by atoms with van der Waals surface area (Å²) in [6.45, 7) is 5.65. The molecule has 3 aromatic rings. The van der Waals surface area contributed by atoms with Gasteiger partial charge in [-0.1, -0.05) is 18.2 Å². The molecule has 0 aliphatic rings. The van der Waals surface area contributed by atoms with E-state index in [1.165, 1.54) is 0 Å². The van der Waals surface area contributed by atoms with Gasteiger partial charge in [0.1, 0.15) is 36.2 Å². The second kappa shape index (κ2) is 11.5. The molecular weight excluding hydrogens is 394 g/mol. The number of para-hydroxylation sites is 1. The standard InChI is InChI=1S/C25H27NO5/c1-3-28-22-14-15-23(24(18-22)29-4-2)25(27)26-19-10-12-21(13-11-19)31-17-16-30-20-8-6-5-7-9-20/h5-15,18H,3-4,16-17H2,1-2H3,(H,26,27). The van der Waals surface area contributed by atoms with Crippen LogP contribution < -0.4 is 24.3 Å². The lowest BCUT2D eigenvalue weighted by Gasteiger charge is -2.13. The van der Waals surface area contributed by atoms with Gasteiger partial charge < -0.3 is 24.3 Å². The highest BCUT2D eigenvalue weighted by Gasteiger charge is 2.14. The maximum absolute atomic E-state index is 12.7. The van der Waals surface area contributed by atoms with Crippen LogP contribution in [-0.2, 0) is 0 Å². The highest BCUT2D eigenvalue weighted by atomic mass is 16.5. The van der Waals surface area contributed by atoms with E-state index in [1.54, 1.807) is 42.5 Å². The first kappa shape index (κ1) is 22.0. The zero-order chi connectivity index (χ0) is 21.9. The molecule has 0 aliphatic carbocycles. The lowest BCUT2D eigenvalue weighted by Crippen LogP contribution is -2.14. The Bertz CT molecular complexity index is 957. The maximum atomic E-state index is 12.7. The van der Waals surface area contributed by atoms with Crippen molar-refractivity contribution in [1.29, 1.82) is 0 Å². The van der Waals surface area contributed by atoms with Gasteiger partial charge in [0.25, 0.3) is 5.91 Å². The van der Waals surface area contributed by atoms with Crippen LogP contribution in [0.2, 0.25) is 0 Å². The molecule has 0 saturated carbocycles. The summed E-state index contributed by atoms with van der Waals surface area (Å²) in [7, 11) is 0. The summed E-state index contributed by atoms with van der Waals surface area (Å²) in [6.07, 6.45) is 0. The van der Waals surface area contributed by atoms with Crippen LogP contribution in [0.25, 0.3) is 0 Å². The van der Waals surface area contributed by atoms with Crippen LogP contribution in [0.4, 0.5) is 5.69 Å². The van der Waals surface area contributed by atoms with Crippen molar-refractivity contribution >= 4 is 11.6 Å². The summed E-state index contributed by atoms with van der Waals surface area (Å²) in [5.41, 5.74) is 1.11. The van der Waals surface area contributed by atoms with Gasteiger partial charge in [-0.05, 0) is 62.4 Å². The number of anilines is 1. The van der Waals surface area contributed by atoms with E-state index < -0.39 is 0 Å². The van der Waals surface area contributed by atoms with Gasteiger partial charge >= 0.3 is 0 Å². The number of carbonyl (C=O) groups is 1. The Labute approximate surface area is 182 Å². The fraction of sp³-hybridized carbons (Fsp3) is 0.240. The molecule has 0 spiro atoms. The predicted molar refractivity (Wildman–Crippen MR) is 121 cm³/mol. The molecule has 31 heavy (non-hydrogen) atoms. The highest BCUT2D eigenvalue weighted by Crippen LogP contribution is 2.26. The summed E-state index contributed by atoms with van der Waals surface area (Å²) in [6, 6.07) is 22.0. The van der Waals surface area contributed by atoms with Crippen LogP contribution in [0.3, 0.4) is 0 Å². The van der Waals surface area contributed by atoms with Crippen LogP contribution in [0, 0.1) is 0 Å². The fourth-order valence-electron chi connectivity index (χ4n) is 2.89. The van der Waals surface area contributed by atoms with E-state index in [2.05, 4.69) is 5.32 Å². The molecule has 6 nitrogen and oxygen atoms in total. The van der Waals surface area contributed by atoms with Gasteiger partial charge in [0.2, 0.25) is 0 Å². The van der Waals surface area contributed by atoms with Gasteiger partial charge in [-0.25, -0.2) is 0 Å². The molecule has 0 bridgehead atoms. The fourth-order valence-corrected chi connectivity index (χ4v) is 2.89. The van der Waals surface area contributed by atoms with Gasteiger partial charge in [0.15, 0.2) is 0 Å². The molecule has 0 aromatic heterocycles. The van der Waals surface area contributed by atoms with Gasteiger partial charge in [-0.2, -0.15) is 0 Å². The third kappa shape index (κ3) is 6.67. The predicted octanol–water partition coefficient (Wildman–Crippen LogP) is 5.19. The van der Waals surface area contributed by atoms with Crippen molar-refractivity contribution in [2.24, 2.45) is 0 Å². The molecule has 3 rings (SSSR count). The van der Waals surface area contributed by atoms with Crippen LogP contribution >= 0.6 is 0 Å². The molecule has 0 radical (unpaired) electrons. The van der Waals surface area contributed by atoms with Crippen molar-refractivity contribution in [3.05, 3.63) is 78.4 Å². The van der Waals surface area contributed by atoms with E-state index in [-0.39, 0.29) is 5.91 Å². The smallest absolute Gasteiger partial charge is 0.259 e. The minimum atomic E-state index is -0.253. The number of hydrogen-bond donors (Lipinski definition) is 1. The van der Waals surface area contributed by atoms with E-state index in [0.29, 0.717) is 54.9 Å². The van der Waals surface area contributed by atoms with E-state index >= 15 is 0 Å². The zero-order valence-electron chi connectivity index (χ0n) is 17.8. The van der Waals surface area contributed by atoms with Crippen molar-refractivity contribution < 1.29 is 23.7 Å². The lowest BCUT2D eigenvalue weighted by molar-refractivity contribution is 0.102. The summed E-state index contributed by atoms with van der Waals surface area (Å²) in [5, 5.41) is 2.88. The average Bonchev–Trinajstić information content (AvgIpc) is 2.79. The number of nitrogens with one attached hydrogen (secondary N) is 1. The number of carbonyl (C=O) groups excluding carboxylic acids is 1. The first-order valence-electron chi connectivity index (χ1n) is 10.3. The summed E-state index contributed by atoms with van der Waals surface area (Å²) < 4.78 is 22.4. The molecule has 0 aliphatic heterocycles. The normalized spacial score (nSPS) is 10.3. The molecule has 1 amide bonds. The molecule has 1 N–H and O–H groups in total. The molecule has 0 heterocycles. The highest BCUT2D eigenvalue weighted by molar-refractivity contribution is 6.06. The Morgan fingerprint density at radius 2 is 1.32 bits per heavy atom. The molecule has 0 unspecified atom stereocenters. The third-order valence-corrected chi connectivity index (χ3v) is 4.28.